The summed E-state index contributed by atoms with van der Waals surface area (Å²) in [4.78, 5) is 14.5. The van der Waals surface area contributed by atoms with Gasteiger partial charge in [0, 0.05) is 19.7 Å². The van der Waals surface area contributed by atoms with Gasteiger partial charge in [0.25, 0.3) is 5.91 Å². The van der Waals surface area contributed by atoms with Crippen molar-refractivity contribution in [2.45, 2.75) is 20.1 Å². The molecule has 0 saturated carbocycles. The molecule has 3 rings (SSSR count). The van der Waals surface area contributed by atoms with Gasteiger partial charge in [0.1, 0.15) is 18.1 Å². The van der Waals surface area contributed by atoms with Crippen molar-refractivity contribution in [3.63, 3.8) is 0 Å². The molecule has 29 heavy (non-hydrogen) atoms. The lowest BCUT2D eigenvalue weighted by Crippen LogP contribution is -2.27. The van der Waals surface area contributed by atoms with Crippen LogP contribution in [0.5, 0.6) is 11.5 Å². The highest BCUT2D eigenvalue weighted by Crippen LogP contribution is 2.20. The summed E-state index contributed by atoms with van der Waals surface area (Å²) in [5.41, 5.74) is 2.49. The number of ether oxygens (including phenoxy) is 2. The fraction of sp³-hybridized carbons (Fsp3) is 0.273. The van der Waals surface area contributed by atoms with Crippen LogP contribution in [0.4, 0.5) is 0 Å². The third-order valence-electron chi connectivity index (χ3n) is 4.46. The summed E-state index contributed by atoms with van der Waals surface area (Å²) in [6.45, 7) is 3.42. The summed E-state index contributed by atoms with van der Waals surface area (Å²) in [5.74, 6) is 1.51. The predicted octanol–water partition coefficient (Wildman–Crippen LogP) is 4.43. The van der Waals surface area contributed by atoms with Gasteiger partial charge in [-0.3, -0.25) is 9.48 Å². The van der Waals surface area contributed by atoms with Crippen LogP contribution in [0.15, 0.2) is 59.2 Å². The minimum atomic E-state index is -0.0546. The molecule has 1 aromatic heterocycles. The monoisotopic (exact) mass is 457 g/mol. The number of carbonyl (C=O) groups is 1. The Morgan fingerprint density at radius 2 is 1.83 bits per heavy atom. The lowest BCUT2D eigenvalue weighted by atomic mass is 10.1. The summed E-state index contributed by atoms with van der Waals surface area (Å²) in [7, 11) is 3.64. The summed E-state index contributed by atoms with van der Waals surface area (Å²) in [5, 5.41) is 4.19. The molecular formula is C22H24BrN3O3. The SMILES string of the molecule is CCOc1ccc(OCc2cccc(C(=O)N(C)Cc3c(Br)cnn3C)c2)cc1. The van der Waals surface area contributed by atoms with Crippen LogP contribution in [0.25, 0.3) is 0 Å². The number of hydrogen-bond donors (Lipinski definition) is 0. The maximum atomic E-state index is 12.8. The molecule has 0 saturated heterocycles. The second-order valence-corrected chi connectivity index (χ2v) is 7.47. The van der Waals surface area contributed by atoms with E-state index in [0.717, 1.165) is 27.2 Å². The molecular weight excluding hydrogens is 434 g/mol. The average molecular weight is 458 g/mol. The topological polar surface area (TPSA) is 56.6 Å². The van der Waals surface area contributed by atoms with Gasteiger partial charge in [-0.1, -0.05) is 12.1 Å². The third kappa shape index (κ3) is 5.38. The molecule has 152 valence electrons. The van der Waals surface area contributed by atoms with E-state index in [2.05, 4.69) is 21.0 Å². The van der Waals surface area contributed by atoms with Crippen LogP contribution < -0.4 is 9.47 Å². The van der Waals surface area contributed by atoms with E-state index in [-0.39, 0.29) is 5.91 Å². The van der Waals surface area contributed by atoms with Crippen LogP contribution in [-0.4, -0.2) is 34.2 Å². The average Bonchev–Trinajstić information content (AvgIpc) is 3.05. The fourth-order valence-electron chi connectivity index (χ4n) is 2.89. The Balaban J connectivity index is 1.63. The number of carbonyl (C=O) groups excluding carboxylic acids is 1. The van der Waals surface area contributed by atoms with Gasteiger partial charge in [0.2, 0.25) is 0 Å². The van der Waals surface area contributed by atoms with E-state index < -0.39 is 0 Å². The Morgan fingerprint density at radius 1 is 1.14 bits per heavy atom. The molecule has 0 aliphatic heterocycles. The third-order valence-corrected chi connectivity index (χ3v) is 5.12. The maximum absolute atomic E-state index is 12.8. The number of aryl methyl sites for hydroxylation is 1. The largest absolute Gasteiger partial charge is 0.494 e. The second kappa shape index (κ2) is 9.60. The maximum Gasteiger partial charge on any atom is 0.253 e. The zero-order valence-corrected chi connectivity index (χ0v) is 18.3. The molecule has 0 bridgehead atoms. The summed E-state index contributed by atoms with van der Waals surface area (Å²) >= 11 is 3.47. The molecule has 7 heteroatoms. The van der Waals surface area contributed by atoms with Gasteiger partial charge in [0.05, 0.1) is 29.5 Å². The standard InChI is InChI=1S/C22H24BrN3O3/c1-4-28-18-8-10-19(11-9-18)29-15-16-6-5-7-17(12-16)22(27)25(2)14-21-20(23)13-24-26(21)3/h5-13H,4,14-15H2,1-3H3. The number of hydrogen-bond acceptors (Lipinski definition) is 4. The van der Waals surface area contributed by atoms with Gasteiger partial charge in [-0.15, -0.1) is 0 Å². The first kappa shape index (κ1) is 20.9. The molecule has 1 heterocycles. The van der Waals surface area contributed by atoms with Crippen molar-refractivity contribution in [3.8, 4) is 11.5 Å². The van der Waals surface area contributed by atoms with Gasteiger partial charge >= 0.3 is 0 Å². The van der Waals surface area contributed by atoms with Crippen molar-refractivity contribution in [1.82, 2.24) is 14.7 Å². The molecule has 0 spiro atoms. The summed E-state index contributed by atoms with van der Waals surface area (Å²) in [6, 6.07) is 15.0. The zero-order valence-electron chi connectivity index (χ0n) is 16.8. The Labute approximate surface area is 179 Å². The summed E-state index contributed by atoms with van der Waals surface area (Å²) < 4.78 is 13.9. The van der Waals surface area contributed by atoms with Crippen LogP contribution in [0.2, 0.25) is 0 Å². The van der Waals surface area contributed by atoms with Crippen molar-refractivity contribution in [1.29, 1.82) is 0 Å². The number of rotatable bonds is 8. The van der Waals surface area contributed by atoms with E-state index in [9.17, 15) is 4.79 Å². The molecule has 6 nitrogen and oxygen atoms in total. The number of nitrogens with zero attached hydrogens (tertiary/aromatic N) is 3. The number of halogens is 1. The molecule has 0 fully saturated rings. The molecule has 0 N–H and O–H groups in total. The minimum Gasteiger partial charge on any atom is -0.494 e. The quantitative estimate of drug-likeness (QED) is 0.501. The van der Waals surface area contributed by atoms with Crippen LogP contribution in [-0.2, 0) is 20.2 Å². The lowest BCUT2D eigenvalue weighted by Gasteiger charge is -2.18. The van der Waals surface area contributed by atoms with E-state index in [0.29, 0.717) is 25.3 Å². The smallest absolute Gasteiger partial charge is 0.253 e. The highest BCUT2D eigenvalue weighted by molar-refractivity contribution is 9.10. The van der Waals surface area contributed by atoms with Crippen LogP contribution >= 0.6 is 15.9 Å². The van der Waals surface area contributed by atoms with E-state index in [1.54, 1.807) is 22.8 Å². The molecule has 0 atom stereocenters. The van der Waals surface area contributed by atoms with Crippen molar-refractivity contribution in [3.05, 3.63) is 76.0 Å². The first-order valence-electron chi connectivity index (χ1n) is 9.34. The highest BCUT2D eigenvalue weighted by atomic mass is 79.9. The van der Waals surface area contributed by atoms with E-state index in [1.807, 2.05) is 62.5 Å². The van der Waals surface area contributed by atoms with Gasteiger partial charge in [0.15, 0.2) is 0 Å². The van der Waals surface area contributed by atoms with Gasteiger partial charge in [-0.05, 0) is 64.8 Å². The van der Waals surface area contributed by atoms with Crippen LogP contribution in [0.3, 0.4) is 0 Å². The van der Waals surface area contributed by atoms with E-state index in [1.165, 1.54) is 0 Å². The molecule has 2 aromatic carbocycles. The van der Waals surface area contributed by atoms with Crippen LogP contribution in [0.1, 0.15) is 28.5 Å². The number of amides is 1. The Bertz CT molecular complexity index is 950. The van der Waals surface area contributed by atoms with E-state index >= 15 is 0 Å². The van der Waals surface area contributed by atoms with Crippen molar-refractivity contribution in [2.24, 2.45) is 7.05 Å². The van der Waals surface area contributed by atoms with E-state index in [4.69, 9.17) is 9.47 Å². The second-order valence-electron chi connectivity index (χ2n) is 6.62. The predicted molar refractivity (Wildman–Crippen MR) is 115 cm³/mol. The molecule has 0 unspecified atom stereocenters. The summed E-state index contributed by atoms with van der Waals surface area (Å²) in [6.07, 6.45) is 1.73. The first-order chi connectivity index (χ1) is 14.0. The molecule has 0 aliphatic rings. The molecule has 0 radical (unpaired) electrons. The molecule has 1 amide bonds. The number of benzene rings is 2. The Morgan fingerprint density at radius 3 is 2.45 bits per heavy atom. The molecule has 0 aliphatic carbocycles. The van der Waals surface area contributed by atoms with Crippen molar-refractivity contribution in [2.75, 3.05) is 13.7 Å². The van der Waals surface area contributed by atoms with Crippen molar-refractivity contribution >= 4 is 21.8 Å². The fourth-order valence-corrected chi connectivity index (χ4v) is 3.36. The van der Waals surface area contributed by atoms with Crippen molar-refractivity contribution < 1.29 is 14.3 Å². The zero-order chi connectivity index (χ0) is 20.8. The highest BCUT2D eigenvalue weighted by Gasteiger charge is 2.16. The van der Waals surface area contributed by atoms with Crippen LogP contribution in [0, 0.1) is 0 Å². The normalized spacial score (nSPS) is 10.6. The van der Waals surface area contributed by atoms with Gasteiger partial charge in [-0.25, -0.2) is 0 Å². The Kier molecular flexibility index (Phi) is 6.93. The Hall–Kier alpha value is -2.80. The van der Waals surface area contributed by atoms with Gasteiger partial charge in [-0.2, -0.15) is 5.10 Å². The first-order valence-corrected chi connectivity index (χ1v) is 10.1. The minimum absolute atomic E-state index is 0.0546. The number of aromatic nitrogens is 2. The van der Waals surface area contributed by atoms with Gasteiger partial charge < -0.3 is 14.4 Å². The molecule has 3 aromatic rings. The lowest BCUT2D eigenvalue weighted by molar-refractivity contribution is 0.0781.